The van der Waals surface area contributed by atoms with Crippen molar-refractivity contribution >= 4 is 33.6 Å². The van der Waals surface area contributed by atoms with Crippen LogP contribution < -0.4 is 5.32 Å². The third kappa shape index (κ3) is 3.18. The molecule has 2 heterocycles. The molecule has 0 saturated carbocycles. The van der Waals surface area contributed by atoms with Gasteiger partial charge in [0.15, 0.2) is 4.96 Å². The molecule has 134 valence electrons. The molecule has 1 N–H and O–H groups in total. The van der Waals surface area contributed by atoms with Crippen molar-refractivity contribution in [1.82, 2.24) is 9.38 Å². The molecule has 4 rings (SSSR count). The highest BCUT2D eigenvalue weighted by Crippen LogP contribution is 2.29. The Morgan fingerprint density at radius 2 is 2.07 bits per heavy atom. The zero-order valence-electron chi connectivity index (χ0n) is 14.2. The van der Waals surface area contributed by atoms with Crippen molar-refractivity contribution in [3.63, 3.8) is 0 Å². The number of imidazole rings is 1. The van der Waals surface area contributed by atoms with Gasteiger partial charge in [0.05, 0.1) is 16.3 Å². The molecule has 1 amide bonds. The van der Waals surface area contributed by atoms with E-state index in [1.54, 1.807) is 13.0 Å². The fourth-order valence-corrected chi connectivity index (χ4v) is 3.57. The minimum absolute atomic E-state index is 0.00923. The van der Waals surface area contributed by atoms with Crippen LogP contribution in [0.2, 0.25) is 0 Å². The standard InChI is InChI=1S/C19H14N4O3S/c1-12-10-13(6-7-17(12)23(25)26)18(24)20-15-5-3-2-4-14(15)16-11-22-8-9-27-19(22)21-16/h2-11H,1H3,(H,20,24). The third-order valence-corrected chi connectivity index (χ3v) is 4.97. The van der Waals surface area contributed by atoms with Crippen LogP contribution in [-0.2, 0) is 0 Å². The van der Waals surface area contributed by atoms with Crippen molar-refractivity contribution in [1.29, 1.82) is 0 Å². The quantitative estimate of drug-likeness (QED) is 0.417. The lowest BCUT2D eigenvalue weighted by Gasteiger charge is -2.10. The molecule has 4 aromatic rings. The molecule has 0 aliphatic heterocycles. The maximum atomic E-state index is 12.6. The lowest BCUT2D eigenvalue weighted by atomic mass is 10.1. The van der Waals surface area contributed by atoms with Crippen molar-refractivity contribution in [2.24, 2.45) is 0 Å². The van der Waals surface area contributed by atoms with Gasteiger partial charge in [-0.1, -0.05) is 18.2 Å². The minimum atomic E-state index is -0.462. The molecule has 0 fully saturated rings. The summed E-state index contributed by atoms with van der Waals surface area (Å²) in [6.45, 7) is 1.61. The summed E-state index contributed by atoms with van der Waals surface area (Å²) in [6.07, 6.45) is 3.84. The highest BCUT2D eigenvalue weighted by atomic mass is 32.1. The molecule has 0 radical (unpaired) electrons. The second-order valence-corrected chi connectivity index (χ2v) is 6.85. The number of anilines is 1. The number of amides is 1. The van der Waals surface area contributed by atoms with Crippen LogP contribution in [0, 0.1) is 17.0 Å². The molecule has 8 heteroatoms. The SMILES string of the molecule is Cc1cc(C(=O)Nc2ccccc2-c2cn3ccsc3n2)ccc1[N+](=O)[O-]. The van der Waals surface area contributed by atoms with Crippen LogP contribution in [-0.4, -0.2) is 20.2 Å². The van der Waals surface area contributed by atoms with Gasteiger partial charge in [-0.2, -0.15) is 0 Å². The van der Waals surface area contributed by atoms with Gasteiger partial charge in [0.1, 0.15) is 0 Å². The van der Waals surface area contributed by atoms with Gasteiger partial charge in [-0.25, -0.2) is 4.98 Å². The third-order valence-electron chi connectivity index (χ3n) is 4.20. The van der Waals surface area contributed by atoms with Gasteiger partial charge in [0.25, 0.3) is 11.6 Å². The highest BCUT2D eigenvalue weighted by Gasteiger charge is 2.16. The lowest BCUT2D eigenvalue weighted by molar-refractivity contribution is -0.385. The smallest absolute Gasteiger partial charge is 0.272 e. The predicted octanol–water partition coefficient (Wildman–Crippen LogP) is 4.53. The number of thiazole rings is 1. The van der Waals surface area contributed by atoms with Crippen molar-refractivity contribution < 1.29 is 9.72 Å². The van der Waals surface area contributed by atoms with Crippen LogP contribution in [0.25, 0.3) is 16.2 Å². The number of carbonyl (C=O) groups excluding carboxylic acids is 1. The van der Waals surface area contributed by atoms with Gasteiger partial charge in [-0.15, -0.1) is 11.3 Å². The van der Waals surface area contributed by atoms with Crippen LogP contribution in [0.1, 0.15) is 15.9 Å². The fourth-order valence-electron chi connectivity index (χ4n) is 2.87. The number of fused-ring (bicyclic) bond motifs is 1. The monoisotopic (exact) mass is 378 g/mol. The number of para-hydroxylation sites is 1. The Balaban J connectivity index is 1.65. The number of benzene rings is 2. The summed E-state index contributed by atoms with van der Waals surface area (Å²) in [4.78, 5) is 28.6. The number of nitrogens with zero attached hydrogens (tertiary/aromatic N) is 3. The van der Waals surface area contributed by atoms with E-state index in [1.807, 2.05) is 40.4 Å². The van der Waals surface area contributed by atoms with Gasteiger partial charge in [-0.05, 0) is 25.1 Å². The minimum Gasteiger partial charge on any atom is -0.321 e. The van der Waals surface area contributed by atoms with E-state index in [0.29, 0.717) is 16.8 Å². The Morgan fingerprint density at radius 3 is 2.81 bits per heavy atom. The number of hydrogen-bond donors (Lipinski definition) is 1. The van der Waals surface area contributed by atoms with E-state index in [1.165, 1.54) is 29.5 Å². The number of aromatic nitrogens is 2. The average molecular weight is 378 g/mol. The largest absolute Gasteiger partial charge is 0.321 e. The maximum Gasteiger partial charge on any atom is 0.272 e. The van der Waals surface area contributed by atoms with E-state index in [9.17, 15) is 14.9 Å². The summed E-state index contributed by atoms with van der Waals surface area (Å²) in [5.74, 6) is -0.332. The summed E-state index contributed by atoms with van der Waals surface area (Å²) in [5, 5.41) is 15.8. The predicted molar refractivity (Wildman–Crippen MR) is 104 cm³/mol. The summed E-state index contributed by atoms with van der Waals surface area (Å²) in [7, 11) is 0. The zero-order valence-corrected chi connectivity index (χ0v) is 15.1. The average Bonchev–Trinajstić information content (AvgIpc) is 3.23. The molecule has 0 bridgehead atoms. The Labute approximate surface area is 158 Å². The molecule has 7 nitrogen and oxygen atoms in total. The molecule has 0 saturated heterocycles. The van der Waals surface area contributed by atoms with Crippen molar-refractivity contribution in [2.75, 3.05) is 5.32 Å². The van der Waals surface area contributed by atoms with Gasteiger partial charge in [0, 0.05) is 40.5 Å². The van der Waals surface area contributed by atoms with Crippen LogP contribution >= 0.6 is 11.3 Å². The second-order valence-electron chi connectivity index (χ2n) is 5.98. The Hall–Kier alpha value is -3.52. The van der Waals surface area contributed by atoms with Crippen molar-refractivity contribution in [3.8, 4) is 11.3 Å². The van der Waals surface area contributed by atoms with Crippen molar-refractivity contribution in [3.05, 3.63) is 81.5 Å². The second kappa shape index (κ2) is 6.65. The van der Waals surface area contributed by atoms with Crippen LogP contribution in [0.4, 0.5) is 11.4 Å². The first-order valence-electron chi connectivity index (χ1n) is 8.11. The lowest BCUT2D eigenvalue weighted by Crippen LogP contribution is -2.13. The Morgan fingerprint density at radius 1 is 1.26 bits per heavy atom. The summed E-state index contributed by atoms with van der Waals surface area (Å²) >= 11 is 1.53. The normalized spacial score (nSPS) is 10.9. The van der Waals surface area contributed by atoms with Gasteiger partial charge >= 0.3 is 0 Å². The fraction of sp³-hybridized carbons (Fsp3) is 0.0526. The van der Waals surface area contributed by atoms with Gasteiger partial charge in [-0.3, -0.25) is 19.3 Å². The van der Waals surface area contributed by atoms with E-state index >= 15 is 0 Å². The van der Waals surface area contributed by atoms with Crippen LogP contribution in [0.3, 0.4) is 0 Å². The summed E-state index contributed by atoms with van der Waals surface area (Å²) in [6, 6.07) is 11.7. The van der Waals surface area contributed by atoms with Crippen LogP contribution in [0.15, 0.2) is 60.2 Å². The highest BCUT2D eigenvalue weighted by molar-refractivity contribution is 7.15. The molecule has 0 spiro atoms. The first-order chi connectivity index (χ1) is 13.0. The van der Waals surface area contributed by atoms with Gasteiger partial charge in [0.2, 0.25) is 0 Å². The summed E-state index contributed by atoms with van der Waals surface area (Å²) < 4.78 is 1.93. The number of rotatable bonds is 4. The molecule has 2 aromatic carbocycles. The Bertz CT molecular complexity index is 1150. The first-order valence-corrected chi connectivity index (χ1v) is 8.99. The topological polar surface area (TPSA) is 89.5 Å². The first kappa shape index (κ1) is 16.9. The maximum absolute atomic E-state index is 12.6. The van der Waals surface area contributed by atoms with Crippen molar-refractivity contribution in [2.45, 2.75) is 6.92 Å². The molecule has 0 atom stereocenters. The van der Waals surface area contributed by atoms with E-state index in [0.717, 1.165) is 16.2 Å². The molecular formula is C19H14N4O3S. The number of aryl methyl sites for hydroxylation is 1. The molecule has 0 unspecified atom stereocenters. The van der Waals surface area contributed by atoms with Crippen LogP contribution in [0.5, 0.6) is 0 Å². The number of hydrogen-bond acceptors (Lipinski definition) is 5. The van der Waals surface area contributed by atoms with E-state index in [-0.39, 0.29) is 11.6 Å². The Kier molecular flexibility index (Phi) is 4.17. The van der Waals surface area contributed by atoms with E-state index in [2.05, 4.69) is 10.3 Å². The molecule has 27 heavy (non-hydrogen) atoms. The number of nitrogens with one attached hydrogen (secondary N) is 1. The molecular weight excluding hydrogens is 364 g/mol. The zero-order chi connectivity index (χ0) is 19.0. The molecule has 2 aromatic heterocycles. The van der Waals surface area contributed by atoms with E-state index in [4.69, 9.17) is 0 Å². The summed E-state index contributed by atoms with van der Waals surface area (Å²) in [5.41, 5.74) is 2.99. The number of nitro groups is 1. The van der Waals surface area contributed by atoms with Gasteiger partial charge < -0.3 is 5.32 Å². The molecule has 0 aliphatic carbocycles. The van der Waals surface area contributed by atoms with E-state index < -0.39 is 4.92 Å². The number of carbonyl (C=O) groups is 1. The number of nitro benzene ring substituents is 1. The molecule has 0 aliphatic rings.